The van der Waals surface area contributed by atoms with Gasteiger partial charge in [-0.1, -0.05) is 6.08 Å². The van der Waals surface area contributed by atoms with Crippen LogP contribution in [0.3, 0.4) is 0 Å². The molecule has 0 aromatic heterocycles. The molecule has 1 aromatic rings. The molecule has 25 heavy (non-hydrogen) atoms. The number of methoxy groups -OCH3 is 1. The number of ketones is 1. The molecule has 4 heteroatoms. The van der Waals surface area contributed by atoms with E-state index in [9.17, 15) is 9.59 Å². The third-order valence-electron chi connectivity index (χ3n) is 5.96. The second kappa shape index (κ2) is 7.42. The first-order chi connectivity index (χ1) is 12.0. The zero-order valence-electron chi connectivity index (χ0n) is 14.9. The second-order valence-corrected chi connectivity index (χ2v) is 7.33. The molecule has 0 spiro atoms. The molecular formula is C21H27NO3. The van der Waals surface area contributed by atoms with E-state index in [0.717, 1.165) is 44.9 Å². The lowest BCUT2D eigenvalue weighted by Crippen LogP contribution is -2.27. The maximum Gasteiger partial charge on any atom is 0.252 e. The first-order valence-electron chi connectivity index (χ1n) is 9.18. The molecule has 1 aromatic carbocycles. The molecule has 0 heterocycles. The quantitative estimate of drug-likeness (QED) is 0.801. The fourth-order valence-electron chi connectivity index (χ4n) is 4.76. The normalized spacial score (nSPS) is 25.5. The number of nitrogens with two attached hydrogens (primary N) is 1. The Labute approximate surface area is 149 Å². The molecule has 1 amide bonds. The van der Waals surface area contributed by atoms with Crippen molar-refractivity contribution in [3.05, 3.63) is 41.5 Å². The number of carbonyl (C=O) groups excluding carboxylic acids is 2. The Hall–Kier alpha value is -2.10. The van der Waals surface area contributed by atoms with E-state index in [-0.39, 0.29) is 0 Å². The van der Waals surface area contributed by atoms with Crippen molar-refractivity contribution in [1.82, 2.24) is 0 Å². The van der Waals surface area contributed by atoms with Crippen LogP contribution in [0.25, 0.3) is 0 Å². The highest BCUT2D eigenvalue weighted by molar-refractivity contribution is 5.96. The summed E-state index contributed by atoms with van der Waals surface area (Å²) in [5, 5.41) is 0. The summed E-state index contributed by atoms with van der Waals surface area (Å²) in [6, 6.07) is 3.92. The number of primary amides is 1. The van der Waals surface area contributed by atoms with Gasteiger partial charge in [0.25, 0.3) is 5.91 Å². The number of amides is 1. The van der Waals surface area contributed by atoms with Gasteiger partial charge in [0.2, 0.25) is 0 Å². The van der Waals surface area contributed by atoms with Crippen molar-refractivity contribution in [2.75, 3.05) is 7.11 Å². The maximum absolute atomic E-state index is 11.8. The minimum absolute atomic E-state index is 0.383. The number of fused-ring (bicyclic) bond motifs is 1. The number of hydrogen-bond acceptors (Lipinski definition) is 3. The minimum Gasteiger partial charge on any atom is -0.496 e. The molecule has 4 nitrogen and oxygen atoms in total. The van der Waals surface area contributed by atoms with Crippen LogP contribution in [0.15, 0.2) is 24.8 Å². The van der Waals surface area contributed by atoms with Crippen molar-refractivity contribution in [3.8, 4) is 5.75 Å². The van der Waals surface area contributed by atoms with Gasteiger partial charge in [0.05, 0.1) is 12.7 Å². The monoisotopic (exact) mass is 341 g/mol. The third kappa shape index (κ3) is 3.48. The number of allylic oxidation sites excluding steroid dienone is 1. The van der Waals surface area contributed by atoms with Gasteiger partial charge in [0.15, 0.2) is 0 Å². The molecule has 0 radical (unpaired) electrons. The molecular weight excluding hydrogens is 314 g/mol. The average Bonchev–Trinajstić information content (AvgIpc) is 3.04. The van der Waals surface area contributed by atoms with E-state index >= 15 is 0 Å². The van der Waals surface area contributed by atoms with Crippen molar-refractivity contribution in [2.45, 2.75) is 50.9 Å². The topological polar surface area (TPSA) is 69.4 Å². The fraction of sp³-hybridized carbons (Fsp3) is 0.524. The summed E-state index contributed by atoms with van der Waals surface area (Å²) in [6.45, 7) is 3.87. The lowest BCUT2D eigenvalue weighted by atomic mass is 9.67. The van der Waals surface area contributed by atoms with Crippen molar-refractivity contribution in [2.24, 2.45) is 17.6 Å². The summed E-state index contributed by atoms with van der Waals surface area (Å²) in [7, 11) is 1.57. The molecule has 134 valence electrons. The molecule has 2 aliphatic rings. The van der Waals surface area contributed by atoms with E-state index in [1.165, 1.54) is 11.1 Å². The van der Waals surface area contributed by atoms with Gasteiger partial charge in [-0.3, -0.25) is 9.59 Å². The van der Waals surface area contributed by atoms with Crippen LogP contribution in [0.1, 0.15) is 65.9 Å². The number of aryl methyl sites for hydroxylation is 1. The summed E-state index contributed by atoms with van der Waals surface area (Å²) >= 11 is 0. The molecule has 0 aliphatic heterocycles. The van der Waals surface area contributed by atoms with Gasteiger partial charge >= 0.3 is 0 Å². The highest BCUT2D eigenvalue weighted by Gasteiger charge is 2.38. The molecule has 0 saturated heterocycles. The zero-order chi connectivity index (χ0) is 18.0. The van der Waals surface area contributed by atoms with E-state index in [1.807, 2.05) is 18.2 Å². The lowest BCUT2D eigenvalue weighted by Gasteiger charge is -2.37. The molecule has 2 aliphatic carbocycles. The van der Waals surface area contributed by atoms with Crippen molar-refractivity contribution in [1.29, 1.82) is 0 Å². The van der Waals surface area contributed by atoms with Crippen molar-refractivity contribution >= 4 is 11.7 Å². The van der Waals surface area contributed by atoms with Gasteiger partial charge in [-0.05, 0) is 73.1 Å². The molecule has 3 unspecified atom stereocenters. The van der Waals surface area contributed by atoms with Crippen LogP contribution >= 0.6 is 0 Å². The van der Waals surface area contributed by atoms with Gasteiger partial charge < -0.3 is 10.5 Å². The van der Waals surface area contributed by atoms with Gasteiger partial charge in [-0.2, -0.15) is 0 Å². The maximum atomic E-state index is 11.8. The molecule has 1 saturated carbocycles. The van der Waals surface area contributed by atoms with Gasteiger partial charge in [0.1, 0.15) is 11.5 Å². The standard InChI is InChI=1S/C21H27NO3/c1-3-4-5-17-16(13-6-8-15(23)10-13)9-7-14-11-19(21(22)24)20(25-2)12-18(14)17/h3,11-13,16-17H,1,4-10H2,2H3,(H2,22,24). The molecule has 1 fully saturated rings. The Morgan fingerprint density at radius 3 is 2.76 bits per heavy atom. The van der Waals surface area contributed by atoms with E-state index < -0.39 is 5.91 Å². The summed E-state index contributed by atoms with van der Waals surface area (Å²) in [5.74, 6) is 1.89. The second-order valence-electron chi connectivity index (χ2n) is 7.33. The number of carbonyl (C=O) groups is 2. The summed E-state index contributed by atoms with van der Waals surface area (Å²) in [5.41, 5.74) is 8.43. The van der Waals surface area contributed by atoms with E-state index in [0.29, 0.717) is 34.8 Å². The van der Waals surface area contributed by atoms with Gasteiger partial charge in [0, 0.05) is 12.8 Å². The molecule has 3 atom stereocenters. The number of rotatable bonds is 6. The Bertz CT molecular complexity index is 695. The van der Waals surface area contributed by atoms with E-state index in [4.69, 9.17) is 10.5 Å². The summed E-state index contributed by atoms with van der Waals surface area (Å²) < 4.78 is 5.43. The predicted molar refractivity (Wildman–Crippen MR) is 97.8 cm³/mol. The number of ether oxygens (including phenoxy) is 1. The van der Waals surface area contributed by atoms with Crippen LogP contribution in [0.2, 0.25) is 0 Å². The first kappa shape index (κ1) is 17.7. The number of benzene rings is 1. The Balaban J connectivity index is 1.99. The summed E-state index contributed by atoms with van der Waals surface area (Å²) in [4.78, 5) is 23.5. The van der Waals surface area contributed by atoms with E-state index in [2.05, 4.69) is 6.58 Å². The van der Waals surface area contributed by atoms with Crippen LogP contribution in [-0.4, -0.2) is 18.8 Å². The van der Waals surface area contributed by atoms with Gasteiger partial charge in [-0.25, -0.2) is 0 Å². The van der Waals surface area contributed by atoms with Crippen molar-refractivity contribution < 1.29 is 14.3 Å². The minimum atomic E-state index is -0.453. The van der Waals surface area contributed by atoms with Crippen LogP contribution in [0, 0.1) is 11.8 Å². The highest BCUT2D eigenvalue weighted by Crippen LogP contribution is 2.48. The van der Waals surface area contributed by atoms with Crippen LogP contribution in [0.5, 0.6) is 5.75 Å². The smallest absolute Gasteiger partial charge is 0.252 e. The zero-order valence-corrected chi connectivity index (χ0v) is 14.9. The molecule has 3 rings (SSSR count). The van der Waals surface area contributed by atoms with Crippen molar-refractivity contribution in [3.63, 3.8) is 0 Å². The van der Waals surface area contributed by atoms with Gasteiger partial charge in [-0.15, -0.1) is 6.58 Å². The SMILES string of the molecule is C=CCCC1c2cc(OC)c(C(N)=O)cc2CCC1C1CCC(=O)C1. The predicted octanol–water partition coefficient (Wildman–Crippen LogP) is 3.78. The lowest BCUT2D eigenvalue weighted by molar-refractivity contribution is -0.117. The summed E-state index contributed by atoms with van der Waals surface area (Å²) in [6.07, 6.45) is 8.39. The molecule has 2 N–H and O–H groups in total. The number of Topliss-reactive ketones (excluding diaryl/α,β-unsaturated/α-hetero) is 1. The average molecular weight is 341 g/mol. The Kier molecular flexibility index (Phi) is 5.26. The Morgan fingerprint density at radius 2 is 2.16 bits per heavy atom. The van der Waals surface area contributed by atoms with E-state index in [1.54, 1.807) is 7.11 Å². The fourth-order valence-corrected chi connectivity index (χ4v) is 4.76. The Morgan fingerprint density at radius 1 is 1.36 bits per heavy atom. The van der Waals surface area contributed by atoms with Crippen LogP contribution < -0.4 is 10.5 Å². The first-order valence-corrected chi connectivity index (χ1v) is 9.18. The third-order valence-corrected chi connectivity index (χ3v) is 5.96. The molecule has 0 bridgehead atoms. The van der Waals surface area contributed by atoms with Crippen LogP contribution in [-0.2, 0) is 11.2 Å². The van der Waals surface area contributed by atoms with Crippen LogP contribution in [0.4, 0.5) is 0 Å². The number of hydrogen-bond donors (Lipinski definition) is 1. The largest absolute Gasteiger partial charge is 0.496 e. The highest BCUT2D eigenvalue weighted by atomic mass is 16.5.